The van der Waals surface area contributed by atoms with Crippen LogP contribution in [0.1, 0.15) is 22.9 Å². The number of aryl methyl sites for hydroxylation is 1. The van der Waals surface area contributed by atoms with Gasteiger partial charge in [0.05, 0.1) is 17.3 Å². The fourth-order valence-corrected chi connectivity index (χ4v) is 1.98. The van der Waals surface area contributed by atoms with Gasteiger partial charge in [-0.15, -0.1) is 0 Å². The Hall–Kier alpha value is -1.82. The van der Waals surface area contributed by atoms with Crippen molar-refractivity contribution in [3.63, 3.8) is 0 Å². The van der Waals surface area contributed by atoms with E-state index in [0.717, 1.165) is 17.8 Å². The van der Waals surface area contributed by atoms with Gasteiger partial charge in [0.15, 0.2) is 0 Å². The fourth-order valence-electron chi connectivity index (χ4n) is 1.98. The summed E-state index contributed by atoms with van der Waals surface area (Å²) in [5.74, 6) is 0. The van der Waals surface area contributed by atoms with Crippen molar-refractivity contribution in [1.82, 2.24) is 9.78 Å². The highest BCUT2D eigenvalue weighted by atomic mass is 19.4. The molecule has 2 rings (SSSR count). The molecule has 1 unspecified atom stereocenters. The van der Waals surface area contributed by atoms with Gasteiger partial charge in [-0.2, -0.15) is 18.3 Å². The van der Waals surface area contributed by atoms with Gasteiger partial charge in [0.2, 0.25) is 0 Å². The van der Waals surface area contributed by atoms with E-state index >= 15 is 0 Å². The van der Waals surface area contributed by atoms with Gasteiger partial charge in [0, 0.05) is 13.2 Å². The van der Waals surface area contributed by atoms with Gasteiger partial charge in [-0.3, -0.25) is 4.68 Å². The van der Waals surface area contributed by atoms with E-state index in [2.05, 4.69) is 5.10 Å². The Morgan fingerprint density at radius 3 is 2.63 bits per heavy atom. The second-order valence-electron chi connectivity index (χ2n) is 4.39. The van der Waals surface area contributed by atoms with Gasteiger partial charge in [-0.1, -0.05) is 18.2 Å². The first-order chi connectivity index (χ1) is 8.88. The first-order valence-electron chi connectivity index (χ1n) is 5.77. The molecule has 1 atom stereocenters. The summed E-state index contributed by atoms with van der Waals surface area (Å²) in [5.41, 5.74) is 6.69. The average Bonchev–Trinajstić information content (AvgIpc) is 2.75. The number of hydrogen-bond acceptors (Lipinski definition) is 2. The second-order valence-corrected chi connectivity index (χ2v) is 4.39. The lowest BCUT2D eigenvalue weighted by Crippen LogP contribution is -2.17. The summed E-state index contributed by atoms with van der Waals surface area (Å²) in [6.07, 6.45) is -2.38. The summed E-state index contributed by atoms with van der Waals surface area (Å²) >= 11 is 0. The number of nitrogens with zero attached hydrogens (tertiary/aromatic N) is 2. The van der Waals surface area contributed by atoms with Crippen molar-refractivity contribution in [2.45, 2.75) is 18.6 Å². The molecule has 0 saturated carbocycles. The standard InChI is InChI=1S/C13H14F3N3/c1-19-12(5-6-18-19)11(17)8-9-3-2-4-10(7-9)13(14,15)16/h2-7,11H,8,17H2,1H3. The minimum absolute atomic E-state index is 0.337. The Kier molecular flexibility index (Phi) is 3.61. The topological polar surface area (TPSA) is 43.8 Å². The zero-order chi connectivity index (χ0) is 14.0. The van der Waals surface area contributed by atoms with E-state index in [1.165, 1.54) is 6.07 Å². The smallest absolute Gasteiger partial charge is 0.322 e. The Labute approximate surface area is 108 Å². The molecular weight excluding hydrogens is 255 g/mol. The summed E-state index contributed by atoms with van der Waals surface area (Å²) in [6.45, 7) is 0. The number of hydrogen-bond donors (Lipinski definition) is 1. The summed E-state index contributed by atoms with van der Waals surface area (Å²) in [5, 5.41) is 3.99. The van der Waals surface area contributed by atoms with Gasteiger partial charge >= 0.3 is 6.18 Å². The van der Waals surface area contributed by atoms with Crippen molar-refractivity contribution in [2.75, 3.05) is 0 Å². The third-order valence-corrected chi connectivity index (χ3v) is 2.95. The molecule has 2 N–H and O–H groups in total. The monoisotopic (exact) mass is 269 g/mol. The van der Waals surface area contributed by atoms with Crippen molar-refractivity contribution in [3.05, 3.63) is 53.3 Å². The number of alkyl halides is 3. The van der Waals surface area contributed by atoms with Gasteiger partial charge in [0.25, 0.3) is 0 Å². The molecule has 0 fully saturated rings. The summed E-state index contributed by atoms with van der Waals surface area (Å²) in [4.78, 5) is 0. The van der Waals surface area contributed by atoms with Crippen LogP contribution in [0.2, 0.25) is 0 Å². The highest BCUT2D eigenvalue weighted by Gasteiger charge is 2.30. The predicted octanol–water partition coefficient (Wildman–Crippen LogP) is 2.68. The number of rotatable bonds is 3. The maximum absolute atomic E-state index is 12.6. The van der Waals surface area contributed by atoms with Crippen LogP contribution < -0.4 is 5.73 Å². The third-order valence-electron chi connectivity index (χ3n) is 2.95. The van der Waals surface area contributed by atoms with Crippen LogP contribution in [0, 0.1) is 0 Å². The van der Waals surface area contributed by atoms with Crippen LogP contribution >= 0.6 is 0 Å². The molecule has 0 aliphatic rings. The summed E-state index contributed by atoms with van der Waals surface area (Å²) in [7, 11) is 1.75. The van der Waals surface area contributed by atoms with Crippen LogP contribution in [0.4, 0.5) is 13.2 Å². The zero-order valence-corrected chi connectivity index (χ0v) is 10.4. The molecule has 1 aromatic heterocycles. The van der Waals surface area contributed by atoms with E-state index in [1.807, 2.05) is 0 Å². The van der Waals surface area contributed by atoms with Crippen molar-refractivity contribution in [3.8, 4) is 0 Å². The minimum Gasteiger partial charge on any atom is -0.322 e. The Morgan fingerprint density at radius 2 is 2.05 bits per heavy atom. The molecule has 1 aromatic carbocycles. The van der Waals surface area contributed by atoms with Crippen LogP contribution in [0.5, 0.6) is 0 Å². The SMILES string of the molecule is Cn1nccc1C(N)Cc1cccc(C(F)(F)F)c1. The molecule has 0 saturated heterocycles. The maximum atomic E-state index is 12.6. The highest BCUT2D eigenvalue weighted by Crippen LogP contribution is 2.30. The maximum Gasteiger partial charge on any atom is 0.416 e. The van der Waals surface area contributed by atoms with Crippen LogP contribution in [0.15, 0.2) is 36.5 Å². The van der Waals surface area contributed by atoms with Crippen LogP contribution in [0.3, 0.4) is 0 Å². The zero-order valence-electron chi connectivity index (χ0n) is 10.4. The molecule has 0 bridgehead atoms. The van der Waals surface area contributed by atoms with Crippen molar-refractivity contribution < 1.29 is 13.2 Å². The van der Waals surface area contributed by atoms with Crippen LogP contribution in [0.25, 0.3) is 0 Å². The van der Waals surface area contributed by atoms with Gasteiger partial charge in [0.1, 0.15) is 0 Å². The van der Waals surface area contributed by atoms with Gasteiger partial charge < -0.3 is 5.73 Å². The quantitative estimate of drug-likeness (QED) is 0.931. The van der Waals surface area contributed by atoms with E-state index in [9.17, 15) is 13.2 Å². The molecule has 3 nitrogen and oxygen atoms in total. The van der Waals surface area contributed by atoms with E-state index in [0.29, 0.717) is 12.0 Å². The number of halogens is 3. The Morgan fingerprint density at radius 1 is 1.32 bits per heavy atom. The Balaban J connectivity index is 2.18. The average molecular weight is 269 g/mol. The highest BCUT2D eigenvalue weighted by molar-refractivity contribution is 5.27. The van der Waals surface area contributed by atoms with E-state index in [1.54, 1.807) is 30.1 Å². The van der Waals surface area contributed by atoms with Gasteiger partial charge in [-0.05, 0) is 24.1 Å². The second kappa shape index (κ2) is 5.05. The van der Waals surface area contributed by atoms with E-state index in [-0.39, 0.29) is 6.04 Å². The minimum atomic E-state index is -4.33. The van der Waals surface area contributed by atoms with E-state index in [4.69, 9.17) is 5.73 Å². The summed E-state index contributed by atoms with van der Waals surface area (Å²) in [6, 6.07) is 6.61. The first kappa shape index (κ1) is 13.6. The van der Waals surface area contributed by atoms with Gasteiger partial charge in [-0.25, -0.2) is 0 Å². The molecule has 2 aromatic rings. The predicted molar refractivity (Wildman–Crippen MR) is 65.3 cm³/mol. The largest absolute Gasteiger partial charge is 0.416 e. The van der Waals surface area contributed by atoms with Crippen molar-refractivity contribution >= 4 is 0 Å². The molecular formula is C13H14F3N3. The third kappa shape index (κ3) is 3.14. The lowest BCUT2D eigenvalue weighted by Gasteiger charge is -2.13. The lowest BCUT2D eigenvalue weighted by molar-refractivity contribution is -0.137. The number of nitrogens with two attached hydrogens (primary N) is 1. The molecule has 6 heteroatoms. The molecule has 0 spiro atoms. The molecule has 102 valence electrons. The molecule has 0 aliphatic carbocycles. The number of benzene rings is 1. The molecule has 0 aliphatic heterocycles. The lowest BCUT2D eigenvalue weighted by atomic mass is 10.0. The molecule has 0 radical (unpaired) electrons. The first-order valence-corrected chi connectivity index (χ1v) is 5.77. The molecule has 19 heavy (non-hydrogen) atoms. The fraction of sp³-hybridized carbons (Fsp3) is 0.308. The number of aromatic nitrogens is 2. The Bertz CT molecular complexity index is 560. The van der Waals surface area contributed by atoms with E-state index < -0.39 is 11.7 Å². The molecule has 1 heterocycles. The van der Waals surface area contributed by atoms with Crippen LogP contribution in [-0.4, -0.2) is 9.78 Å². The summed E-state index contributed by atoms with van der Waals surface area (Å²) < 4.78 is 39.4. The molecule has 0 amide bonds. The van der Waals surface area contributed by atoms with Crippen LogP contribution in [-0.2, 0) is 19.6 Å². The van der Waals surface area contributed by atoms with Crippen molar-refractivity contribution in [2.24, 2.45) is 12.8 Å². The van der Waals surface area contributed by atoms with Crippen molar-refractivity contribution in [1.29, 1.82) is 0 Å². The normalized spacial score (nSPS) is 13.5.